The SMILES string of the molecule is CCOCn1c(C(=O)N(C(C)C)C(C)C)nc(Cl)c1Cl. The lowest BCUT2D eigenvalue weighted by Gasteiger charge is -2.30. The normalized spacial score (nSPS) is 11.4. The predicted octanol–water partition coefficient (Wildman–Crippen LogP) is 3.44. The first-order chi connectivity index (χ1) is 9.31. The number of aromatic nitrogens is 2. The quantitative estimate of drug-likeness (QED) is 0.806. The van der Waals surface area contributed by atoms with Crippen molar-refractivity contribution in [2.45, 2.75) is 53.4 Å². The molecule has 1 heterocycles. The Hall–Kier alpha value is -0.780. The van der Waals surface area contributed by atoms with Crippen LogP contribution in [0.2, 0.25) is 10.3 Å². The van der Waals surface area contributed by atoms with E-state index in [1.54, 1.807) is 4.90 Å². The molecule has 0 aliphatic rings. The van der Waals surface area contributed by atoms with Gasteiger partial charge in [0.15, 0.2) is 5.15 Å². The molecule has 0 aliphatic heterocycles. The van der Waals surface area contributed by atoms with Gasteiger partial charge in [0.25, 0.3) is 5.91 Å². The predicted molar refractivity (Wildman–Crippen MR) is 80.3 cm³/mol. The van der Waals surface area contributed by atoms with Crippen LogP contribution in [0.3, 0.4) is 0 Å². The highest BCUT2D eigenvalue weighted by Crippen LogP contribution is 2.24. The topological polar surface area (TPSA) is 47.4 Å². The van der Waals surface area contributed by atoms with Gasteiger partial charge in [-0.25, -0.2) is 4.98 Å². The van der Waals surface area contributed by atoms with Gasteiger partial charge in [0.1, 0.15) is 11.9 Å². The number of carbonyl (C=O) groups excluding carboxylic acids is 1. The van der Waals surface area contributed by atoms with Crippen molar-refractivity contribution in [1.29, 1.82) is 0 Å². The zero-order valence-corrected chi connectivity index (χ0v) is 14.0. The Morgan fingerprint density at radius 1 is 1.30 bits per heavy atom. The number of amides is 1. The minimum absolute atomic E-state index is 0.0531. The summed E-state index contributed by atoms with van der Waals surface area (Å²) in [5.41, 5.74) is 0. The second kappa shape index (κ2) is 7.29. The summed E-state index contributed by atoms with van der Waals surface area (Å²) in [5.74, 6) is -0.000599. The number of carbonyl (C=O) groups is 1. The molecule has 1 aromatic rings. The van der Waals surface area contributed by atoms with Crippen LogP contribution in [0, 0.1) is 0 Å². The maximum Gasteiger partial charge on any atom is 0.290 e. The zero-order chi connectivity index (χ0) is 15.4. The fourth-order valence-electron chi connectivity index (χ4n) is 2.05. The smallest absolute Gasteiger partial charge is 0.290 e. The Labute approximate surface area is 129 Å². The minimum atomic E-state index is -0.205. The molecule has 0 bridgehead atoms. The molecule has 0 radical (unpaired) electrons. The number of imidazole rings is 1. The summed E-state index contributed by atoms with van der Waals surface area (Å²) < 4.78 is 6.81. The number of ether oxygens (including phenoxy) is 1. The van der Waals surface area contributed by atoms with Gasteiger partial charge in [-0.1, -0.05) is 23.2 Å². The van der Waals surface area contributed by atoms with Crippen molar-refractivity contribution in [2.24, 2.45) is 0 Å². The first-order valence-corrected chi connectivity index (χ1v) is 7.38. The Balaban J connectivity index is 3.17. The second-order valence-electron chi connectivity index (χ2n) is 4.97. The molecule has 7 heteroatoms. The van der Waals surface area contributed by atoms with E-state index in [4.69, 9.17) is 27.9 Å². The monoisotopic (exact) mass is 321 g/mol. The first-order valence-electron chi connectivity index (χ1n) is 6.63. The number of nitrogens with zero attached hydrogens (tertiary/aromatic N) is 3. The number of hydrogen-bond donors (Lipinski definition) is 0. The lowest BCUT2D eigenvalue weighted by atomic mass is 10.2. The van der Waals surface area contributed by atoms with Gasteiger partial charge in [-0.2, -0.15) is 0 Å². The number of hydrogen-bond acceptors (Lipinski definition) is 3. The van der Waals surface area contributed by atoms with Gasteiger partial charge in [0.05, 0.1) is 0 Å². The van der Waals surface area contributed by atoms with Gasteiger partial charge in [-0.05, 0) is 34.6 Å². The highest BCUT2D eigenvalue weighted by atomic mass is 35.5. The highest BCUT2D eigenvalue weighted by Gasteiger charge is 2.28. The third kappa shape index (κ3) is 3.65. The summed E-state index contributed by atoms with van der Waals surface area (Å²) in [6, 6.07) is 0.106. The molecule has 0 saturated heterocycles. The maximum atomic E-state index is 12.6. The average Bonchev–Trinajstić information content (AvgIpc) is 2.62. The molecule has 0 aliphatic carbocycles. The molecule has 1 rings (SSSR count). The Morgan fingerprint density at radius 3 is 2.30 bits per heavy atom. The van der Waals surface area contributed by atoms with E-state index in [2.05, 4.69) is 4.98 Å². The van der Waals surface area contributed by atoms with Crippen LogP contribution < -0.4 is 0 Å². The molecule has 0 saturated carbocycles. The summed E-state index contributed by atoms with van der Waals surface area (Å²) in [6.45, 7) is 10.3. The molecule has 0 aromatic carbocycles. The van der Waals surface area contributed by atoms with E-state index in [0.29, 0.717) is 6.61 Å². The van der Waals surface area contributed by atoms with E-state index in [0.717, 1.165) is 0 Å². The van der Waals surface area contributed by atoms with Crippen molar-refractivity contribution in [1.82, 2.24) is 14.5 Å². The Kier molecular flexibility index (Phi) is 6.30. The van der Waals surface area contributed by atoms with E-state index in [1.165, 1.54) is 4.57 Å². The molecule has 1 aromatic heterocycles. The fourth-order valence-corrected chi connectivity index (χ4v) is 2.40. The van der Waals surface area contributed by atoms with Crippen LogP contribution in [-0.2, 0) is 11.5 Å². The van der Waals surface area contributed by atoms with Gasteiger partial charge in [0, 0.05) is 18.7 Å². The van der Waals surface area contributed by atoms with E-state index in [1.807, 2.05) is 34.6 Å². The van der Waals surface area contributed by atoms with Crippen molar-refractivity contribution in [3.05, 3.63) is 16.1 Å². The summed E-state index contributed by atoms with van der Waals surface area (Å²) in [4.78, 5) is 18.5. The largest absolute Gasteiger partial charge is 0.361 e. The van der Waals surface area contributed by atoms with Crippen molar-refractivity contribution in [2.75, 3.05) is 6.61 Å². The van der Waals surface area contributed by atoms with Crippen molar-refractivity contribution >= 4 is 29.1 Å². The summed E-state index contributed by atoms with van der Waals surface area (Å²) >= 11 is 12.0. The lowest BCUT2D eigenvalue weighted by Crippen LogP contribution is -2.43. The highest BCUT2D eigenvalue weighted by molar-refractivity contribution is 6.40. The standard InChI is InChI=1S/C13H21Cl2N3O2/c1-6-20-7-17-11(15)10(14)16-12(17)13(19)18(8(2)3)9(4)5/h8-9H,6-7H2,1-5H3. The molecule has 20 heavy (non-hydrogen) atoms. The van der Waals surface area contributed by atoms with E-state index >= 15 is 0 Å². The molecular weight excluding hydrogens is 301 g/mol. The average molecular weight is 322 g/mol. The summed E-state index contributed by atoms with van der Waals surface area (Å²) in [5, 5.41) is 0.332. The van der Waals surface area contributed by atoms with Crippen LogP contribution >= 0.6 is 23.2 Å². The third-order valence-electron chi connectivity index (χ3n) is 2.83. The molecule has 1 amide bonds. The van der Waals surface area contributed by atoms with Gasteiger partial charge in [-0.15, -0.1) is 0 Å². The van der Waals surface area contributed by atoms with Crippen LogP contribution in [0.4, 0.5) is 0 Å². The van der Waals surface area contributed by atoms with Crippen LogP contribution in [0.25, 0.3) is 0 Å². The first kappa shape index (κ1) is 17.3. The number of halogens is 2. The Morgan fingerprint density at radius 2 is 1.85 bits per heavy atom. The molecule has 0 fully saturated rings. The third-order valence-corrected chi connectivity index (χ3v) is 3.57. The number of rotatable bonds is 6. The molecule has 0 N–H and O–H groups in total. The van der Waals surface area contributed by atoms with Crippen LogP contribution in [0.5, 0.6) is 0 Å². The van der Waals surface area contributed by atoms with Crippen LogP contribution in [-0.4, -0.2) is 39.0 Å². The van der Waals surface area contributed by atoms with E-state index < -0.39 is 0 Å². The summed E-state index contributed by atoms with van der Waals surface area (Å²) in [6.07, 6.45) is 0. The zero-order valence-electron chi connectivity index (χ0n) is 12.5. The molecule has 0 atom stereocenters. The van der Waals surface area contributed by atoms with Gasteiger partial charge in [0.2, 0.25) is 5.82 Å². The van der Waals surface area contributed by atoms with Gasteiger partial charge in [-0.3, -0.25) is 9.36 Å². The van der Waals surface area contributed by atoms with Crippen LogP contribution in [0.15, 0.2) is 0 Å². The van der Waals surface area contributed by atoms with Gasteiger partial charge >= 0.3 is 0 Å². The maximum absolute atomic E-state index is 12.6. The van der Waals surface area contributed by atoms with Crippen molar-refractivity contribution in [3.8, 4) is 0 Å². The molecular formula is C13H21Cl2N3O2. The molecule has 5 nitrogen and oxygen atoms in total. The Bertz CT molecular complexity index is 464. The van der Waals surface area contributed by atoms with Crippen LogP contribution in [0.1, 0.15) is 45.2 Å². The molecule has 114 valence electrons. The minimum Gasteiger partial charge on any atom is -0.361 e. The molecule has 0 unspecified atom stereocenters. The molecule has 0 spiro atoms. The second-order valence-corrected chi connectivity index (χ2v) is 5.68. The van der Waals surface area contributed by atoms with Crippen molar-refractivity contribution in [3.63, 3.8) is 0 Å². The van der Waals surface area contributed by atoms with E-state index in [9.17, 15) is 4.79 Å². The van der Waals surface area contributed by atoms with E-state index in [-0.39, 0.29) is 40.9 Å². The summed E-state index contributed by atoms with van der Waals surface area (Å²) in [7, 11) is 0. The fraction of sp³-hybridized carbons (Fsp3) is 0.692. The van der Waals surface area contributed by atoms with Crippen molar-refractivity contribution < 1.29 is 9.53 Å². The van der Waals surface area contributed by atoms with Gasteiger partial charge < -0.3 is 9.64 Å². The lowest BCUT2D eigenvalue weighted by molar-refractivity contribution is 0.0573.